The van der Waals surface area contributed by atoms with Gasteiger partial charge in [0.05, 0.1) is 11.0 Å². The molecule has 0 bridgehead atoms. The molecular weight excluding hydrogens is 234 g/mol. The van der Waals surface area contributed by atoms with Gasteiger partial charge in [0.25, 0.3) is 5.91 Å². The lowest BCUT2D eigenvalue weighted by molar-refractivity contribution is 0.0708. The van der Waals surface area contributed by atoms with E-state index in [4.69, 9.17) is 0 Å². The molecule has 0 saturated carbocycles. The number of hydrogen-bond acceptors (Lipinski definition) is 3. The smallest absolute Gasteiger partial charge is 0.263 e. The quantitative estimate of drug-likeness (QED) is 0.896. The average molecular weight is 253 g/mol. The van der Waals surface area contributed by atoms with Crippen LogP contribution in [0.4, 0.5) is 0 Å². The van der Waals surface area contributed by atoms with Crippen LogP contribution in [-0.2, 0) is 12.8 Å². The molecule has 1 aliphatic carbocycles. The zero-order valence-corrected chi connectivity index (χ0v) is 11.2. The lowest BCUT2D eigenvalue weighted by atomic mass is 9.99. The highest BCUT2D eigenvalue weighted by atomic mass is 32.1. The van der Waals surface area contributed by atoms with Crippen molar-refractivity contribution in [1.82, 2.24) is 4.90 Å². The van der Waals surface area contributed by atoms with Gasteiger partial charge in [0.2, 0.25) is 0 Å². The minimum atomic E-state index is -0.474. The molecule has 4 heteroatoms. The predicted octanol–water partition coefficient (Wildman–Crippen LogP) is 2.08. The summed E-state index contributed by atoms with van der Waals surface area (Å²) in [6, 6.07) is 2.04. The molecule has 0 aliphatic heterocycles. The first-order chi connectivity index (χ1) is 8.08. The van der Waals surface area contributed by atoms with Crippen molar-refractivity contribution in [2.75, 3.05) is 13.6 Å². The van der Waals surface area contributed by atoms with Gasteiger partial charge in [-0.25, -0.2) is 0 Å². The second-order valence-corrected chi connectivity index (χ2v) is 5.94. The SMILES string of the molecule is CC(O)CN(C)C(=O)c1cc2c(s1)CCCC2. The Labute approximate surface area is 106 Å². The molecule has 1 amide bonds. The van der Waals surface area contributed by atoms with Gasteiger partial charge in [-0.15, -0.1) is 11.3 Å². The second kappa shape index (κ2) is 5.19. The highest BCUT2D eigenvalue weighted by Gasteiger charge is 2.20. The van der Waals surface area contributed by atoms with Crippen LogP contribution in [0.2, 0.25) is 0 Å². The maximum atomic E-state index is 12.1. The van der Waals surface area contributed by atoms with Crippen LogP contribution in [0.25, 0.3) is 0 Å². The van der Waals surface area contributed by atoms with Gasteiger partial charge in [0.1, 0.15) is 0 Å². The molecule has 0 aromatic carbocycles. The van der Waals surface area contributed by atoms with Gasteiger partial charge in [0.15, 0.2) is 0 Å². The lowest BCUT2D eigenvalue weighted by Crippen LogP contribution is -2.32. The number of likely N-dealkylation sites (N-methyl/N-ethyl adjacent to an activating group) is 1. The number of fused-ring (bicyclic) bond motifs is 1. The number of aryl methyl sites for hydroxylation is 2. The van der Waals surface area contributed by atoms with Gasteiger partial charge in [-0.3, -0.25) is 4.79 Å². The van der Waals surface area contributed by atoms with Gasteiger partial charge in [-0.1, -0.05) is 0 Å². The molecule has 1 unspecified atom stereocenters. The maximum Gasteiger partial charge on any atom is 0.263 e. The summed E-state index contributed by atoms with van der Waals surface area (Å²) in [6.45, 7) is 2.09. The highest BCUT2D eigenvalue weighted by Crippen LogP contribution is 2.30. The van der Waals surface area contributed by atoms with Crippen molar-refractivity contribution in [2.45, 2.75) is 38.7 Å². The molecule has 0 saturated heterocycles. The van der Waals surface area contributed by atoms with Crippen molar-refractivity contribution in [3.63, 3.8) is 0 Å². The Bertz CT molecular complexity index is 388. The van der Waals surface area contributed by atoms with Crippen molar-refractivity contribution >= 4 is 17.2 Å². The van der Waals surface area contributed by atoms with Crippen molar-refractivity contribution < 1.29 is 9.90 Å². The Balaban J connectivity index is 2.11. The van der Waals surface area contributed by atoms with Crippen LogP contribution < -0.4 is 0 Å². The highest BCUT2D eigenvalue weighted by molar-refractivity contribution is 7.14. The summed E-state index contributed by atoms with van der Waals surface area (Å²) < 4.78 is 0. The molecule has 1 atom stereocenters. The number of rotatable bonds is 3. The van der Waals surface area contributed by atoms with Gasteiger partial charge >= 0.3 is 0 Å². The van der Waals surface area contributed by atoms with E-state index in [9.17, 15) is 9.90 Å². The molecule has 94 valence electrons. The summed E-state index contributed by atoms with van der Waals surface area (Å²) >= 11 is 1.63. The van der Waals surface area contributed by atoms with Crippen molar-refractivity contribution in [3.8, 4) is 0 Å². The Morgan fingerprint density at radius 1 is 1.53 bits per heavy atom. The minimum absolute atomic E-state index is 0.0327. The number of aliphatic hydroxyl groups is 1. The first-order valence-corrected chi connectivity index (χ1v) is 6.94. The zero-order valence-electron chi connectivity index (χ0n) is 10.4. The van der Waals surface area contributed by atoms with E-state index in [1.54, 1.807) is 30.2 Å². The van der Waals surface area contributed by atoms with E-state index in [1.807, 2.05) is 6.07 Å². The first kappa shape index (κ1) is 12.6. The molecule has 1 heterocycles. The third-order valence-electron chi connectivity index (χ3n) is 3.09. The standard InChI is InChI=1S/C13H19NO2S/c1-9(15)8-14(2)13(16)12-7-10-5-3-4-6-11(10)17-12/h7,9,15H,3-6,8H2,1-2H3. The summed E-state index contributed by atoms with van der Waals surface area (Å²) in [4.78, 5) is 15.9. The van der Waals surface area contributed by atoms with Crippen molar-refractivity contribution in [2.24, 2.45) is 0 Å². The van der Waals surface area contributed by atoms with E-state index in [1.165, 1.54) is 23.3 Å². The monoisotopic (exact) mass is 253 g/mol. The second-order valence-electron chi connectivity index (χ2n) is 4.80. The van der Waals surface area contributed by atoms with Gasteiger partial charge in [-0.2, -0.15) is 0 Å². The molecule has 1 aromatic rings. The molecular formula is C13H19NO2S. The van der Waals surface area contributed by atoms with Crippen LogP contribution in [0.1, 0.15) is 39.9 Å². The number of amides is 1. The fourth-order valence-electron chi connectivity index (χ4n) is 2.26. The average Bonchev–Trinajstić information content (AvgIpc) is 2.70. The number of hydrogen-bond donors (Lipinski definition) is 1. The van der Waals surface area contributed by atoms with E-state index in [0.29, 0.717) is 6.54 Å². The van der Waals surface area contributed by atoms with Gasteiger partial charge in [0, 0.05) is 18.5 Å². The third-order valence-corrected chi connectivity index (χ3v) is 4.32. The minimum Gasteiger partial charge on any atom is -0.392 e. The third kappa shape index (κ3) is 2.87. The number of aliphatic hydroxyl groups excluding tert-OH is 1. The van der Waals surface area contributed by atoms with Gasteiger partial charge in [-0.05, 0) is 44.2 Å². The summed E-state index contributed by atoms with van der Waals surface area (Å²) in [7, 11) is 1.74. The van der Waals surface area contributed by atoms with Crippen LogP contribution in [-0.4, -0.2) is 35.6 Å². The molecule has 1 aromatic heterocycles. The molecule has 0 radical (unpaired) electrons. The molecule has 0 spiro atoms. The van der Waals surface area contributed by atoms with Crippen molar-refractivity contribution in [1.29, 1.82) is 0 Å². The fourth-order valence-corrected chi connectivity index (χ4v) is 3.51. The summed E-state index contributed by atoms with van der Waals surface area (Å²) in [6.07, 6.45) is 4.23. The van der Waals surface area contributed by atoms with Gasteiger partial charge < -0.3 is 10.0 Å². The van der Waals surface area contributed by atoms with E-state index in [-0.39, 0.29) is 5.91 Å². The van der Waals surface area contributed by atoms with Crippen LogP contribution in [0.3, 0.4) is 0 Å². The van der Waals surface area contributed by atoms with Crippen LogP contribution in [0.15, 0.2) is 6.07 Å². The molecule has 2 rings (SSSR count). The Morgan fingerprint density at radius 3 is 2.88 bits per heavy atom. The Hall–Kier alpha value is -0.870. The number of thiophene rings is 1. The maximum absolute atomic E-state index is 12.1. The normalized spacial score (nSPS) is 16.4. The number of carbonyl (C=O) groups is 1. The Kier molecular flexibility index (Phi) is 3.84. The number of nitrogens with zero attached hydrogens (tertiary/aromatic N) is 1. The molecule has 1 aliphatic rings. The lowest BCUT2D eigenvalue weighted by Gasteiger charge is -2.17. The topological polar surface area (TPSA) is 40.5 Å². The fraction of sp³-hybridized carbons (Fsp3) is 0.615. The largest absolute Gasteiger partial charge is 0.392 e. The molecule has 1 N–H and O–H groups in total. The first-order valence-electron chi connectivity index (χ1n) is 6.13. The predicted molar refractivity (Wildman–Crippen MR) is 69.6 cm³/mol. The summed E-state index contributed by atoms with van der Waals surface area (Å²) in [5, 5.41) is 9.29. The molecule has 17 heavy (non-hydrogen) atoms. The van der Waals surface area contributed by atoms with Crippen LogP contribution in [0.5, 0.6) is 0 Å². The molecule has 3 nitrogen and oxygen atoms in total. The molecule has 0 fully saturated rings. The van der Waals surface area contributed by atoms with Crippen molar-refractivity contribution in [3.05, 3.63) is 21.4 Å². The Morgan fingerprint density at radius 2 is 2.24 bits per heavy atom. The zero-order chi connectivity index (χ0) is 12.4. The van der Waals surface area contributed by atoms with E-state index >= 15 is 0 Å². The van der Waals surface area contributed by atoms with E-state index < -0.39 is 6.10 Å². The summed E-state index contributed by atoms with van der Waals surface area (Å²) in [5.41, 5.74) is 1.36. The van der Waals surface area contributed by atoms with Crippen LogP contribution in [0, 0.1) is 0 Å². The van der Waals surface area contributed by atoms with E-state index in [0.717, 1.165) is 17.7 Å². The van der Waals surface area contributed by atoms with Crippen LogP contribution >= 0.6 is 11.3 Å². The van der Waals surface area contributed by atoms with E-state index in [2.05, 4.69) is 0 Å². The summed E-state index contributed by atoms with van der Waals surface area (Å²) in [5.74, 6) is 0.0327. The number of carbonyl (C=O) groups excluding carboxylic acids is 1.